The lowest BCUT2D eigenvalue weighted by Crippen LogP contribution is -2.30. The number of aliphatic hydroxyl groups excluding tert-OH is 1. The highest BCUT2D eigenvalue weighted by Gasteiger charge is 2.30. The highest BCUT2D eigenvalue weighted by Crippen LogP contribution is 2.45. The number of esters is 4. The van der Waals surface area contributed by atoms with Crippen LogP contribution in [0.5, 0.6) is 0 Å². The monoisotopic (exact) mass is 1480 g/mol. The summed E-state index contributed by atoms with van der Waals surface area (Å²) in [5.74, 6) is 0.199. The Morgan fingerprint density at radius 2 is 0.455 bits per heavy atom. The Morgan fingerprint density at radius 3 is 0.673 bits per heavy atom. The number of ether oxygens (including phenoxy) is 4. The summed E-state index contributed by atoms with van der Waals surface area (Å²) in [5.41, 5.74) is 0. The van der Waals surface area contributed by atoms with Crippen molar-refractivity contribution >= 4 is 39.5 Å². The zero-order valence-corrected chi connectivity index (χ0v) is 68.2. The smallest absolute Gasteiger partial charge is 0.462 e. The zero-order chi connectivity index (χ0) is 74.4. The van der Waals surface area contributed by atoms with Crippen molar-refractivity contribution in [2.75, 3.05) is 39.6 Å². The van der Waals surface area contributed by atoms with Crippen LogP contribution >= 0.6 is 15.6 Å². The number of carbonyl (C=O) groups is 4. The van der Waals surface area contributed by atoms with Gasteiger partial charge in [0.2, 0.25) is 0 Å². The molecule has 5 atom stereocenters. The largest absolute Gasteiger partial charge is 0.472 e. The molecule has 0 saturated heterocycles. The third-order valence-corrected chi connectivity index (χ3v) is 21.0. The van der Waals surface area contributed by atoms with E-state index >= 15 is 0 Å². The molecule has 17 nitrogen and oxygen atoms in total. The first-order valence-corrected chi connectivity index (χ1v) is 45.3. The van der Waals surface area contributed by atoms with E-state index in [1.807, 2.05) is 0 Å². The third kappa shape index (κ3) is 76.1. The van der Waals surface area contributed by atoms with Crippen molar-refractivity contribution in [1.82, 2.24) is 0 Å². The van der Waals surface area contributed by atoms with Gasteiger partial charge in [0.15, 0.2) is 12.2 Å². The zero-order valence-electron chi connectivity index (χ0n) is 66.4. The van der Waals surface area contributed by atoms with Crippen molar-refractivity contribution in [2.24, 2.45) is 17.8 Å². The Balaban J connectivity index is 5.26. The van der Waals surface area contributed by atoms with Gasteiger partial charge >= 0.3 is 39.5 Å². The lowest BCUT2D eigenvalue weighted by Gasteiger charge is -2.21. The number of phosphoric ester groups is 2. The summed E-state index contributed by atoms with van der Waals surface area (Å²) in [5, 5.41) is 10.7. The Morgan fingerprint density at radius 1 is 0.267 bits per heavy atom. The molecule has 101 heavy (non-hydrogen) atoms. The van der Waals surface area contributed by atoms with E-state index in [2.05, 4.69) is 48.5 Å². The van der Waals surface area contributed by atoms with Crippen molar-refractivity contribution in [3.8, 4) is 0 Å². The van der Waals surface area contributed by atoms with Crippen LogP contribution in [-0.4, -0.2) is 96.7 Å². The van der Waals surface area contributed by atoms with Gasteiger partial charge in [-0.05, 0) is 43.4 Å². The molecule has 0 spiro atoms. The van der Waals surface area contributed by atoms with Crippen LogP contribution in [0.2, 0.25) is 0 Å². The summed E-state index contributed by atoms with van der Waals surface area (Å²) in [6.45, 7) is 12.0. The van der Waals surface area contributed by atoms with Crippen molar-refractivity contribution in [3.05, 3.63) is 0 Å². The minimum Gasteiger partial charge on any atom is -0.462 e. The highest BCUT2D eigenvalue weighted by atomic mass is 31.2. The average Bonchev–Trinajstić information content (AvgIpc) is 0.918. The molecule has 0 aliphatic rings. The average molecular weight is 1480 g/mol. The van der Waals surface area contributed by atoms with Crippen LogP contribution in [0.4, 0.5) is 0 Å². The van der Waals surface area contributed by atoms with Crippen LogP contribution in [0.3, 0.4) is 0 Å². The molecule has 0 aromatic heterocycles. The lowest BCUT2D eigenvalue weighted by molar-refractivity contribution is -0.161. The van der Waals surface area contributed by atoms with E-state index in [-0.39, 0.29) is 25.7 Å². The Kier molecular flexibility index (Phi) is 70.9. The van der Waals surface area contributed by atoms with E-state index < -0.39 is 97.5 Å². The maximum atomic E-state index is 13.1. The fourth-order valence-corrected chi connectivity index (χ4v) is 14.2. The van der Waals surface area contributed by atoms with Gasteiger partial charge in [-0.3, -0.25) is 37.3 Å². The lowest BCUT2D eigenvalue weighted by atomic mass is 10.0. The van der Waals surface area contributed by atoms with Gasteiger partial charge in [-0.25, -0.2) is 9.13 Å². The van der Waals surface area contributed by atoms with Crippen molar-refractivity contribution in [3.63, 3.8) is 0 Å². The van der Waals surface area contributed by atoms with Gasteiger partial charge in [-0.15, -0.1) is 0 Å². The second kappa shape index (κ2) is 72.3. The number of hydrogen-bond acceptors (Lipinski definition) is 15. The standard InChI is InChI=1S/C82H160O17P2/c1-8-9-10-11-12-13-14-15-16-17-18-24-29-34-42-49-56-63-79(84)92-69-77(98-81(86)65-58-51-44-35-30-25-20-19-22-27-32-39-46-53-60-73(2)3)71-96-100(88,89)94-67-76(83)68-95-101(90,91)97-72-78(70-93-80(85)64-57-50-43-38-37-41-48-55-62-75(6)7)99-82(87)66-59-52-45-36-31-26-21-23-28-33-40-47-54-61-74(4)5/h73-78,83H,8-72H2,1-7H3,(H,88,89)(H,90,91)/t76-,77-,78-/m1/s1. The van der Waals surface area contributed by atoms with Crippen molar-refractivity contribution in [1.29, 1.82) is 0 Å². The Bertz CT molecular complexity index is 1960. The Labute approximate surface area is 619 Å². The summed E-state index contributed by atoms with van der Waals surface area (Å²) in [7, 11) is -9.92. The summed E-state index contributed by atoms with van der Waals surface area (Å²) in [6, 6.07) is 0. The quantitative estimate of drug-likeness (QED) is 0.0222. The van der Waals surface area contributed by atoms with E-state index in [9.17, 15) is 43.2 Å². The number of aliphatic hydroxyl groups is 1. The summed E-state index contributed by atoms with van der Waals surface area (Å²) < 4.78 is 68.8. The fourth-order valence-electron chi connectivity index (χ4n) is 12.7. The molecule has 0 bridgehead atoms. The van der Waals surface area contributed by atoms with Crippen LogP contribution in [-0.2, 0) is 65.4 Å². The van der Waals surface area contributed by atoms with Crippen LogP contribution < -0.4 is 0 Å². The van der Waals surface area contributed by atoms with Gasteiger partial charge in [0.25, 0.3) is 0 Å². The van der Waals surface area contributed by atoms with Gasteiger partial charge in [-0.1, -0.05) is 376 Å². The number of unbranched alkanes of at least 4 members (excludes halogenated alkanes) is 48. The second-order valence-corrected chi connectivity index (χ2v) is 33.8. The first-order valence-electron chi connectivity index (χ1n) is 42.3. The number of phosphoric acid groups is 2. The molecule has 0 aromatic carbocycles. The molecule has 0 fully saturated rings. The maximum absolute atomic E-state index is 13.1. The topological polar surface area (TPSA) is 237 Å². The second-order valence-electron chi connectivity index (χ2n) is 30.9. The maximum Gasteiger partial charge on any atom is 0.472 e. The molecule has 0 rings (SSSR count). The molecular weight excluding hydrogens is 1320 g/mol. The molecule has 0 aliphatic heterocycles. The van der Waals surface area contributed by atoms with Crippen LogP contribution in [0, 0.1) is 17.8 Å². The van der Waals surface area contributed by atoms with Gasteiger partial charge in [-0.2, -0.15) is 0 Å². The highest BCUT2D eigenvalue weighted by molar-refractivity contribution is 7.47. The van der Waals surface area contributed by atoms with Gasteiger partial charge in [0.1, 0.15) is 19.3 Å². The summed E-state index contributed by atoms with van der Waals surface area (Å²) in [4.78, 5) is 73.1. The minimum atomic E-state index is -4.96. The molecule has 0 saturated carbocycles. The molecule has 3 N–H and O–H groups in total. The van der Waals surface area contributed by atoms with Gasteiger partial charge in [0.05, 0.1) is 26.4 Å². The van der Waals surface area contributed by atoms with Crippen LogP contribution in [0.15, 0.2) is 0 Å². The normalized spacial score (nSPS) is 14.0. The van der Waals surface area contributed by atoms with Gasteiger partial charge < -0.3 is 33.8 Å². The molecule has 600 valence electrons. The van der Waals surface area contributed by atoms with E-state index in [1.165, 1.54) is 238 Å². The fraction of sp³-hybridized carbons (Fsp3) is 0.951. The van der Waals surface area contributed by atoms with E-state index in [0.717, 1.165) is 108 Å². The van der Waals surface area contributed by atoms with Crippen molar-refractivity contribution < 1.29 is 80.2 Å². The molecule has 0 heterocycles. The molecular formula is C82H160O17P2. The SMILES string of the molecule is CCCCCCCCCCCCCCCCCCCC(=O)OC[C@H](COP(=O)(O)OC[C@@H](O)COP(=O)(O)OC[C@@H](COC(=O)CCCCCCCCCCC(C)C)OC(=O)CCCCCCCCCCCCCCCC(C)C)OC(=O)CCCCCCCCCCCCCCCCC(C)C. The Hall–Kier alpha value is -1.94. The third-order valence-electron chi connectivity index (χ3n) is 19.1. The summed E-state index contributed by atoms with van der Waals surface area (Å²) >= 11 is 0. The first kappa shape index (κ1) is 99.1. The molecule has 0 amide bonds. The number of hydrogen-bond donors (Lipinski definition) is 3. The summed E-state index contributed by atoms with van der Waals surface area (Å²) in [6.07, 6.45) is 61.0. The first-order chi connectivity index (χ1) is 48.7. The van der Waals surface area contributed by atoms with E-state index in [1.54, 1.807) is 0 Å². The molecule has 0 aliphatic carbocycles. The predicted molar refractivity (Wildman–Crippen MR) is 414 cm³/mol. The predicted octanol–water partition coefficient (Wildman–Crippen LogP) is 24.5. The van der Waals surface area contributed by atoms with Gasteiger partial charge in [0, 0.05) is 25.7 Å². The van der Waals surface area contributed by atoms with E-state index in [4.69, 9.17) is 37.0 Å². The van der Waals surface area contributed by atoms with Crippen LogP contribution in [0.25, 0.3) is 0 Å². The molecule has 2 unspecified atom stereocenters. The number of carbonyl (C=O) groups excluding carboxylic acids is 4. The minimum absolute atomic E-state index is 0.107. The molecule has 0 radical (unpaired) electrons. The molecule has 19 heteroatoms. The number of rotatable bonds is 80. The molecule has 0 aromatic rings. The van der Waals surface area contributed by atoms with Crippen molar-refractivity contribution in [2.45, 2.75) is 446 Å². The van der Waals surface area contributed by atoms with E-state index in [0.29, 0.717) is 25.7 Å². The van der Waals surface area contributed by atoms with Crippen LogP contribution in [0.1, 0.15) is 427 Å².